The molecule has 102 valence electrons. The van der Waals surface area contributed by atoms with Crippen molar-refractivity contribution in [3.05, 3.63) is 53.5 Å². The Morgan fingerprint density at radius 2 is 1.90 bits per heavy atom. The normalized spacial score (nSPS) is 13.8. The summed E-state index contributed by atoms with van der Waals surface area (Å²) in [6, 6.07) is 8.76. The van der Waals surface area contributed by atoms with E-state index in [1.807, 2.05) is 0 Å². The van der Waals surface area contributed by atoms with Crippen LogP contribution in [0.2, 0.25) is 0 Å². The Bertz CT molecular complexity index is 600. The van der Waals surface area contributed by atoms with Crippen LogP contribution in [0.25, 0.3) is 0 Å². The average molecular weight is 269 g/mol. The number of benzene rings is 1. The third-order valence-electron chi connectivity index (χ3n) is 3.45. The molecule has 0 atom stereocenters. The van der Waals surface area contributed by atoms with E-state index < -0.39 is 5.97 Å². The molecular formula is C15H15N3O2. The Hall–Kier alpha value is -2.43. The molecule has 0 aliphatic heterocycles. The predicted octanol–water partition coefficient (Wildman–Crippen LogP) is 1.84. The zero-order valence-corrected chi connectivity index (χ0v) is 11.2. The first kappa shape index (κ1) is 12.6. The number of rotatable bonds is 3. The summed E-state index contributed by atoms with van der Waals surface area (Å²) in [5.74, 6) is 0.202. The van der Waals surface area contributed by atoms with E-state index in [9.17, 15) is 4.79 Å². The van der Waals surface area contributed by atoms with E-state index >= 15 is 0 Å². The Labute approximate surface area is 117 Å². The van der Waals surface area contributed by atoms with Gasteiger partial charge in [-0.25, -0.2) is 14.8 Å². The number of fused-ring (bicyclic) bond motifs is 1. The summed E-state index contributed by atoms with van der Waals surface area (Å²) in [5.41, 5.74) is 2.97. The molecule has 1 aliphatic rings. The van der Waals surface area contributed by atoms with Crippen molar-refractivity contribution >= 4 is 11.8 Å². The van der Waals surface area contributed by atoms with Crippen LogP contribution in [0.15, 0.2) is 36.7 Å². The standard InChI is InChI=1S/C15H15N3O2/c1-20-15(19)13-8-17-14(9-16-13)18-12-6-10-4-2-3-5-11(10)7-12/h2-5,8-9,12H,6-7H2,1H3,(H,17,18). The van der Waals surface area contributed by atoms with Gasteiger partial charge in [0.25, 0.3) is 0 Å². The number of methoxy groups -OCH3 is 1. The lowest BCUT2D eigenvalue weighted by Gasteiger charge is -2.12. The van der Waals surface area contributed by atoms with Gasteiger partial charge in [-0.15, -0.1) is 0 Å². The number of nitrogens with zero attached hydrogens (tertiary/aromatic N) is 2. The van der Waals surface area contributed by atoms with Crippen molar-refractivity contribution in [2.24, 2.45) is 0 Å². The van der Waals surface area contributed by atoms with Gasteiger partial charge < -0.3 is 10.1 Å². The van der Waals surface area contributed by atoms with Gasteiger partial charge in [0.1, 0.15) is 5.82 Å². The molecule has 1 heterocycles. The van der Waals surface area contributed by atoms with Crippen molar-refractivity contribution in [2.75, 3.05) is 12.4 Å². The first-order chi connectivity index (χ1) is 9.76. The van der Waals surface area contributed by atoms with Crippen LogP contribution in [0.5, 0.6) is 0 Å². The lowest BCUT2D eigenvalue weighted by Crippen LogP contribution is -2.20. The Kier molecular flexibility index (Phi) is 3.33. The fraction of sp³-hybridized carbons (Fsp3) is 0.267. The van der Waals surface area contributed by atoms with E-state index in [2.05, 4.69) is 44.3 Å². The van der Waals surface area contributed by atoms with Gasteiger partial charge in [-0.05, 0) is 24.0 Å². The minimum absolute atomic E-state index is 0.216. The second kappa shape index (κ2) is 5.28. The molecule has 0 saturated carbocycles. The smallest absolute Gasteiger partial charge is 0.358 e. The monoisotopic (exact) mass is 269 g/mol. The Morgan fingerprint density at radius 1 is 1.20 bits per heavy atom. The van der Waals surface area contributed by atoms with E-state index in [4.69, 9.17) is 0 Å². The van der Waals surface area contributed by atoms with Crippen LogP contribution in [0, 0.1) is 0 Å². The minimum Gasteiger partial charge on any atom is -0.464 e. The van der Waals surface area contributed by atoms with E-state index in [0.717, 1.165) is 12.8 Å². The van der Waals surface area contributed by atoms with Crippen LogP contribution in [0.1, 0.15) is 21.6 Å². The molecule has 5 heteroatoms. The largest absolute Gasteiger partial charge is 0.464 e. The first-order valence-electron chi connectivity index (χ1n) is 6.50. The van der Waals surface area contributed by atoms with Gasteiger partial charge >= 0.3 is 5.97 Å². The van der Waals surface area contributed by atoms with Gasteiger partial charge in [-0.3, -0.25) is 0 Å². The molecule has 1 N–H and O–H groups in total. The van der Waals surface area contributed by atoms with Crippen molar-refractivity contribution in [3.63, 3.8) is 0 Å². The van der Waals surface area contributed by atoms with Gasteiger partial charge in [-0.2, -0.15) is 0 Å². The van der Waals surface area contributed by atoms with Crippen molar-refractivity contribution in [3.8, 4) is 0 Å². The number of carbonyl (C=O) groups excluding carboxylic acids is 1. The molecule has 1 aliphatic carbocycles. The number of hydrogen-bond acceptors (Lipinski definition) is 5. The molecule has 3 rings (SSSR count). The highest BCUT2D eigenvalue weighted by Crippen LogP contribution is 2.23. The second-order valence-corrected chi connectivity index (χ2v) is 4.80. The molecular weight excluding hydrogens is 254 g/mol. The highest BCUT2D eigenvalue weighted by atomic mass is 16.5. The molecule has 2 aromatic rings. The maximum Gasteiger partial charge on any atom is 0.358 e. The molecule has 0 unspecified atom stereocenters. The maximum absolute atomic E-state index is 11.3. The van der Waals surface area contributed by atoms with Crippen molar-refractivity contribution in [1.29, 1.82) is 0 Å². The van der Waals surface area contributed by atoms with Crippen LogP contribution in [0.3, 0.4) is 0 Å². The summed E-state index contributed by atoms with van der Waals surface area (Å²) in [7, 11) is 1.33. The summed E-state index contributed by atoms with van der Waals surface area (Å²) in [6.45, 7) is 0. The topological polar surface area (TPSA) is 64.1 Å². The SMILES string of the molecule is COC(=O)c1cnc(NC2Cc3ccccc3C2)cn1. The first-order valence-corrected chi connectivity index (χ1v) is 6.50. The van der Waals surface area contributed by atoms with Gasteiger partial charge in [0.05, 0.1) is 19.5 Å². The van der Waals surface area contributed by atoms with Crippen LogP contribution >= 0.6 is 0 Å². The second-order valence-electron chi connectivity index (χ2n) is 4.80. The zero-order chi connectivity index (χ0) is 13.9. The quantitative estimate of drug-likeness (QED) is 0.861. The number of nitrogens with one attached hydrogen (secondary N) is 1. The minimum atomic E-state index is -0.475. The number of esters is 1. The van der Waals surface area contributed by atoms with Crippen LogP contribution < -0.4 is 5.32 Å². The molecule has 0 spiro atoms. The zero-order valence-electron chi connectivity index (χ0n) is 11.2. The molecule has 0 radical (unpaired) electrons. The van der Waals surface area contributed by atoms with Crippen LogP contribution in [-0.2, 0) is 17.6 Å². The lowest BCUT2D eigenvalue weighted by atomic mass is 10.1. The number of hydrogen-bond donors (Lipinski definition) is 1. The molecule has 0 amide bonds. The summed E-state index contributed by atoms with van der Waals surface area (Å²) in [5, 5.41) is 3.35. The van der Waals surface area contributed by atoms with Gasteiger partial charge in [0.2, 0.25) is 0 Å². The van der Waals surface area contributed by atoms with E-state index in [1.165, 1.54) is 24.4 Å². The summed E-state index contributed by atoms with van der Waals surface area (Å²) in [6.07, 6.45) is 4.96. The van der Waals surface area contributed by atoms with Crippen LogP contribution in [-0.4, -0.2) is 29.1 Å². The molecule has 0 fully saturated rings. The van der Waals surface area contributed by atoms with Gasteiger partial charge in [-0.1, -0.05) is 24.3 Å². The molecule has 1 aromatic carbocycles. The molecule has 0 saturated heterocycles. The highest BCUT2D eigenvalue weighted by Gasteiger charge is 2.21. The van der Waals surface area contributed by atoms with Crippen LogP contribution in [0.4, 0.5) is 5.82 Å². The van der Waals surface area contributed by atoms with E-state index in [0.29, 0.717) is 11.9 Å². The Morgan fingerprint density at radius 3 is 2.45 bits per heavy atom. The summed E-state index contributed by atoms with van der Waals surface area (Å²) < 4.78 is 4.59. The number of anilines is 1. The number of carbonyl (C=O) groups is 1. The Balaban J connectivity index is 1.66. The molecule has 1 aromatic heterocycles. The van der Waals surface area contributed by atoms with Gasteiger partial charge in [0.15, 0.2) is 5.69 Å². The fourth-order valence-electron chi connectivity index (χ4n) is 2.48. The summed E-state index contributed by atoms with van der Waals surface area (Å²) >= 11 is 0. The predicted molar refractivity (Wildman–Crippen MR) is 74.6 cm³/mol. The highest BCUT2D eigenvalue weighted by molar-refractivity contribution is 5.86. The molecule has 20 heavy (non-hydrogen) atoms. The average Bonchev–Trinajstić information content (AvgIpc) is 2.89. The molecule has 0 bridgehead atoms. The lowest BCUT2D eigenvalue weighted by molar-refractivity contribution is 0.0593. The maximum atomic E-state index is 11.3. The van der Waals surface area contributed by atoms with E-state index in [-0.39, 0.29) is 5.69 Å². The van der Waals surface area contributed by atoms with Crippen molar-refractivity contribution < 1.29 is 9.53 Å². The third kappa shape index (κ3) is 2.47. The van der Waals surface area contributed by atoms with Gasteiger partial charge in [0, 0.05) is 6.04 Å². The van der Waals surface area contributed by atoms with Crippen molar-refractivity contribution in [1.82, 2.24) is 9.97 Å². The number of ether oxygens (including phenoxy) is 1. The fourth-order valence-corrected chi connectivity index (χ4v) is 2.48. The number of aromatic nitrogens is 2. The molecule has 5 nitrogen and oxygen atoms in total. The van der Waals surface area contributed by atoms with Crippen molar-refractivity contribution in [2.45, 2.75) is 18.9 Å². The summed E-state index contributed by atoms with van der Waals surface area (Å²) in [4.78, 5) is 19.5. The van der Waals surface area contributed by atoms with E-state index in [1.54, 1.807) is 6.20 Å². The third-order valence-corrected chi connectivity index (χ3v) is 3.45.